The van der Waals surface area contributed by atoms with Crippen molar-refractivity contribution < 1.29 is 4.39 Å². The van der Waals surface area contributed by atoms with Gasteiger partial charge in [0.05, 0.1) is 6.04 Å². The lowest BCUT2D eigenvalue weighted by Crippen LogP contribution is -2.24. The van der Waals surface area contributed by atoms with Crippen LogP contribution >= 0.6 is 15.9 Å². The van der Waals surface area contributed by atoms with Crippen LogP contribution in [0.15, 0.2) is 34.9 Å². The van der Waals surface area contributed by atoms with Gasteiger partial charge in [0.25, 0.3) is 0 Å². The summed E-state index contributed by atoms with van der Waals surface area (Å²) in [5.41, 5.74) is 8.30. The van der Waals surface area contributed by atoms with Gasteiger partial charge in [-0.15, -0.1) is 0 Å². The van der Waals surface area contributed by atoms with Crippen molar-refractivity contribution in [3.8, 4) is 0 Å². The molecule has 0 saturated carbocycles. The second-order valence-electron chi connectivity index (χ2n) is 4.64. The van der Waals surface area contributed by atoms with Gasteiger partial charge >= 0.3 is 0 Å². The number of anilines is 1. The van der Waals surface area contributed by atoms with Gasteiger partial charge in [-0.3, -0.25) is 0 Å². The van der Waals surface area contributed by atoms with Crippen LogP contribution < -0.4 is 11.1 Å². The zero-order chi connectivity index (χ0) is 14.7. The number of hydrogen-bond donors (Lipinski definition) is 2. The smallest absolute Gasteiger partial charge is 0.128 e. The number of nitrogens with two attached hydrogens (primary N) is 1. The van der Waals surface area contributed by atoms with Gasteiger partial charge in [0.2, 0.25) is 0 Å². The van der Waals surface area contributed by atoms with Crippen molar-refractivity contribution in [2.24, 2.45) is 0 Å². The molecular formula is C15H17BrFN3. The van der Waals surface area contributed by atoms with Crippen molar-refractivity contribution >= 4 is 21.7 Å². The maximum Gasteiger partial charge on any atom is 0.128 e. The van der Waals surface area contributed by atoms with Crippen LogP contribution in [-0.4, -0.2) is 11.5 Å². The van der Waals surface area contributed by atoms with Gasteiger partial charge in [0.1, 0.15) is 11.6 Å². The number of aryl methyl sites for hydroxylation is 1. The summed E-state index contributed by atoms with van der Waals surface area (Å²) >= 11 is 3.38. The summed E-state index contributed by atoms with van der Waals surface area (Å²) in [5.74, 6) is 0.154. The van der Waals surface area contributed by atoms with E-state index in [0.717, 1.165) is 15.6 Å². The van der Waals surface area contributed by atoms with E-state index < -0.39 is 0 Å². The monoisotopic (exact) mass is 337 g/mol. The number of nitrogens with zero attached hydrogens (tertiary/aromatic N) is 1. The first-order valence-electron chi connectivity index (χ1n) is 6.43. The molecule has 0 spiro atoms. The fraction of sp³-hybridized carbons (Fsp3) is 0.267. The normalized spacial score (nSPS) is 12.4. The molecule has 1 aromatic heterocycles. The summed E-state index contributed by atoms with van der Waals surface area (Å²) in [7, 11) is 0. The molecule has 1 aromatic carbocycles. The summed E-state index contributed by atoms with van der Waals surface area (Å²) in [5, 5.41) is 3.27. The third kappa shape index (κ3) is 3.16. The molecule has 1 unspecified atom stereocenters. The minimum absolute atomic E-state index is 0.264. The molecule has 106 valence electrons. The number of hydrogen-bond acceptors (Lipinski definition) is 3. The Kier molecular flexibility index (Phi) is 4.73. The average Bonchev–Trinajstić information content (AvgIpc) is 2.42. The summed E-state index contributed by atoms with van der Waals surface area (Å²) in [4.78, 5) is 4.16. The number of nitrogens with one attached hydrogen (secondary N) is 1. The van der Waals surface area contributed by atoms with E-state index in [-0.39, 0.29) is 11.9 Å². The van der Waals surface area contributed by atoms with Crippen molar-refractivity contribution in [2.45, 2.75) is 19.9 Å². The van der Waals surface area contributed by atoms with E-state index in [1.54, 1.807) is 18.3 Å². The number of nitrogen functional groups attached to an aromatic ring is 1. The van der Waals surface area contributed by atoms with Crippen molar-refractivity contribution in [3.05, 3.63) is 57.4 Å². The minimum Gasteiger partial charge on any atom is -0.383 e. The zero-order valence-electron chi connectivity index (χ0n) is 11.5. The highest BCUT2D eigenvalue weighted by molar-refractivity contribution is 9.10. The predicted octanol–water partition coefficient (Wildman–Crippen LogP) is 3.57. The van der Waals surface area contributed by atoms with Crippen LogP contribution in [0.1, 0.15) is 29.7 Å². The van der Waals surface area contributed by atoms with Gasteiger partial charge in [-0.2, -0.15) is 0 Å². The van der Waals surface area contributed by atoms with E-state index in [4.69, 9.17) is 5.73 Å². The number of pyridine rings is 1. The van der Waals surface area contributed by atoms with Gasteiger partial charge in [-0.1, -0.05) is 22.9 Å². The van der Waals surface area contributed by atoms with Crippen molar-refractivity contribution in [1.29, 1.82) is 0 Å². The Morgan fingerprint density at radius 2 is 2.10 bits per heavy atom. The van der Waals surface area contributed by atoms with Gasteiger partial charge in [-0.25, -0.2) is 9.37 Å². The molecule has 2 aromatic rings. The van der Waals surface area contributed by atoms with Crippen molar-refractivity contribution in [2.75, 3.05) is 12.3 Å². The van der Waals surface area contributed by atoms with E-state index in [9.17, 15) is 4.39 Å². The van der Waals surface area contributed by atoms with Crippen LogP contribution in [0.2, 0.25) is 0 Å². The largest absolute Gasteiger partial charge is 0.383 e. The van der Waals surface area contributed by atoms with Crippen LogP contribution in [0, 0.1) is 12.7 Å². The molecule has 0 saturated heterocycles. The highest BCUT2D eigenvalue weighted by atomic mass is 79.9. The molecule has 0 aliphatic rings. The predicted molar refractivity (Wildman–Crippen MR) is 83.0 cm³/mol. The number of rotatable bonds is 4. The first-order valence-corrected chi connectivity index (χ1v) is 7.22. The van der Waals surface area contributed by atoms with Crippen molar-refractivity contribution in [3.63, 3.8) is 0 Å². The Morgan fingerprint density at radius 1 is 1.35 bits per heavy atom. The number of aromatic nitrogens is 1. The molecule has 0 radical (unpaired) electrons. The minimum atomic E-state index is -0.315. The van der Waals surface area contributed by atoms with E-state index in [1.165, 1.54) is 6.07 Å². The molecule has 20 heavy (non-hydrogen) atoms. The van der Waals surface area contributed by atoms with Gasteiger partial charge in [0.15, 0.2) is 0 Å². The third-order valence-corrected chi connectivity index (χ3v) is 3.57. The summed E-state index contributed by atoms with van der Waals surface area (Å²) in [6.45, 7) is 4.61. The lowest BCUT2D eigenvalue weighted by atomic mass is 9.97. The average molecular weight is 338 g/mol. The number of benzene rings is 1. The maximum absolute atomic E-state index is 14.1. The lowest BCUT2D eigenvalue weighted by Gasteiger charge is -2.21. The Hall–Kier alpha value is -1.46. The molecule has 5 heteroatoms. The summed E-state index contributed by atoms with van der Waals surface area (Å²) < 4.78 is 15.0. The van der Waals surface area contributed by atoms with Crippen LogP contribution in [0.25, 0.3) is 0 Å². The Morgan fingerprint density at radius 3 is 2.80 bits per heavy atom. The van der Waals surface area contributed by atoms with Crippen LogP contribution in [0.5, 0.6) is 0 Å². The van der Waals surface area contributed by atoms with E-state index in [2.05, 4.69) is 26.2 Å². The summed E-state index contributed by atoms with van der Waals surface area (Å²) in [6, 6.07) is 6.52. The fourth-order valence-electron chi connectivity index (χ4n) is 2.16. The Balaban J connectivity index is 2.55. The molecule has 3 nitrogen and oxygen atoms in total. The molecule has 1 atom stereocenters. The quantitative estimate of drug-likeness (QED) is 0.896. The van der Waals surface area contributed by atoms with Crippen LogP contribution in [0.3, 0.4) is 0 Å². The highest BCUT2D eigenvalue weighted by Gasteiger charge is 2.20. The second kappa shape index (κ2) is 6.33. The topological polar surface area (TPSA) is 50.9 Å². The fourth-order valence-corrected chi connectivity index (χ4v) is 2.54. The van der Waals surface area contributed by atoms with Gasteiger partial charge < -0.3 is 11.1 Å². The molecule has 0 fully saturated rings. The second-order valence-corrected chi connectivity index (χ2v) is 5.56. The standard InChI is InChI=1S/C15H17BrFN3/c1-3-19-14(11-7-10(16)4-5-13(11)17)12-6-9(2)8-20-15(12)18/h4-8,14,19H,3H2,1-2H3,(H2,18,20). The molecular weight excluding hydrogens is 321 g/mol. The SMILES string of the molecule is CCNC(c1cc(Br)ccc1F)c1cc(C)cnc1N. The molecule has 3 N–H and O–H groups in total. The Labute approximate surface area is 126 Å². The molecule has 1 heterocycles. The maximum atomic E-state index is 14.1. The van der Waals surface area contributed by atoms with E-state index in [1.807, 2.05) is 19.9 Å². The number of halogens is 2. The molecule has 0 aliphatic heterocycles. The summed E-state index contributed by atoms with van der Waals surface area (Å²) in [6.07, 6.45) is 1.71. The molecule has 0 aliphatic carbocycles. The third-order valence-electron chi connectivity index (χ3n) is 3.07. The van der Waals surface area contributed by atoms with E-state index >= 15 is 0 Å². The lowest BCUT2D eigenvalue weighted by molar-refractivity contribution is 0.558. The van der Waals surface area contributed by atoms with Crippen LogP contribution in [0.4, 0.5) is 10.2 Å². The van der Waals surface area contributed by atoms with Gasteiger partial charge in [0, 0.05) is 21.8 Å². The van der Waals surface area contributed by atoms with E-state index in [0.29, 0.717) is 17.9 Å². The molecule has 2 rings (SSSR count). The first kappa shape index (κ1) is 14.9. The van der Waals surface area contributed by atoms with Crippen LogP contribution in [-0.2, 0) is 0 Å². The Bertz CT molecular complexity index is 565. The van der Waals surface area contributed by atoms with Gasteiger partial charge in [-0.05, 0) is 43.3 Å². The highest BCUT2D eigenvalue weighted by Crippen LogP contribution is 2.30. The molecule has 0 bridgehead atoms. The van der Waals surface area contributed by atoms with Crippen molar-refractivity contribution in [1.82, 2.24) is 10.3 Å². The first-order chi connectivity index (χ1) is 9.52. The zero-order valence-corrected chi connectivity index (χ0v) is 13.0. The molecule has 0 amide bonds.